The minimum absolute atomic E-state index is 0.190. The number of aliphatic hydroxyl groups excluding tert-OH is 6. The molecule has 0 saturated carbocycles. The Hall–Kier alpha value is -5.89. The number of H-pyrrole nitrogens is 2. The van der Waals surface area contributed by atoms with Crippen LogP contribution in [0.4, 0.5) is 0 Å². The van der Waals surface area contributed by atoms with E-state index in [1.807, 2.05) is 9.97 Å². The molecule has 30 heteroatoms. The standard InChI is InChI=1S/C14H17N3O9.C10H11ClN4O4.C8H11N3O6/c1-6(18)23-5-9-11(24-7(2)19)12(25-8(3)20)13(26-9)17-14(22)16-10(21)4-15-17;11-8-5-9(13-2-12-8)15(3-14-5)10-7(18)6(17)4(1-16)19-10;12-2-3-5(14)6(15)7(17-3)11-8(16)10-4(13)1-9-11/h4,9,11-13H,5H2,1-3H3,(H,16,21,22);2-4,6-7,10,16-18H,1H2;1,3,5-7,12,14-15H,2H2,(H,10,13,16)/t9-,11+,12?,13-;4-,6+,7?,10-;3-,5+,6?,7-/m111/s1. The van der Waals surface area contributed by atoms with Gasteiger partial charge in [-0.1, -0.05) is 11.6 Å². The van der Waals surface area contributed by atoms with Crippen LogP contribution >= 0.6 is 11.6 Å². The predicted octanol–water partition coefficient (Wildman–Crippen LogP) is -6.11. The molecule has 0 spiro atoms. The van der Waals surface area contributed by atoms with E-state index in [4.69, 9.17) is 50.2 Å². The molecule has 7 rings (SSSR count). The molecule has 338 valence electrons. The molecule has 29 nitrogen and oxygen atoms in total. The van der Waals surface area contributed by atoms with Crippen LogP contribution in [0.2, 0.25) is 5.15 Å². The van der Waals surface area contributed by atoms with Crippen molar-refractivity contribution in [3.05, 3.63) is 71.9 Å². The van der Waals surface area contributed by atoms with Crippen molar-refractivity contribution in [3.63, 3.8) is 0 Å². The number of esters is 3. The summed E-state index contributed by atoms with van der Waals surface area (Å²) in [6.45, 7) is 2.20. The number of nitrogens with one attached hydrogen (secondary N) is 2. The molecular weight excluding hydrogens is 864 g/mol. The van der Waals surface area contributed by atoms with Gasteiger partial charge in [0.25, 0.3) is 11.1 Å². The van der Waals surface area contributed by atoms with E-state index in [1.54, 1.807) is 0 Å². The molecule has 8 N–H and O–H groups in total. The molecule has 62 heavy (non-hydrogen) atoms. The summed E-state index contributed by atoms with van der Waals surface area (Å²) in [5.41, 5.74) is -2.45. The largest absolute Gasteiger partial charge is 0.463 e. The lowest BCUT2D eigenvalue weighted by Crippen LogP contribution is -2.43. The van der Waals surface area contributed by atoms with Gasteiger partial charge < -0.3 is 59.1 Å². The molecule has 0 aromatic carbocycles. The summed E-state index contributed by atoms with van der Waals surface area (Å²) in [5.74, 6) is -2.04. The van der Waals surface area contributed by atoms with E-state index in [2.05, 4.69) is 25.1 Å². The molecule has 0 radical (unpaired) electrons. The fraction of sp³-hybridized carbons (Fsp3) is 0.562. The summed E-state index contributed by atoms with van der Waals surface area (Å²) in [4.78, 5) is 95.1. The Morgan fingerprint density at radius 1 is 0.694 bits per heavy atom. The summed E-state index contributed by atoms with van der Waals surface area (Å²) in [5, 5.41) is 64.1. The Balaban J connectivity index is 0.000000180. The van der Waals surface area contributed by atoms with E-state index in [0.29, 0.717) is 15.8 Å². The third kappa shape index (κ3) is 10.6. The normalized spacial score (nSPS) is 28.9. The number of aromatic amines is 2. The number of ether oxygens (including phenoxy) is 6. The van der Waals surface area contributed by atoms with Crippen LogP contribution in [0, 0.1) is 0 Å². The number of carbonyl (C=O) groups is 3. The number of halogens is 1. The molecule has 0 amide bonds. The van der Waals surface area contributed by atoms with Gasteiger partial charge in [-0.25, -0.2) is 24.5 Å². The average molecular weight is 903 g/mol. The van der Waals surface area contributed by atoms with E-state index in [-0.39, 0.29) is 11.8 Å². The maximum absolute atomic E-state index is 12.0. The summed E-state index contributed by atoms with van der Waals surface area (Å²) in [6, 6.07) is 0. The van der Waals surface area contributed by atoms with Crippen LogP contribution in [0.3, 0.4) is 0 Å². The number of imidazole rings is 1. The number of nitrogens with zero attached hydrogens (tertiary/aromatic N) is 8. The van der Waals surface area contributed by atoms with Gasteiger partial charge in [0, 0.05) is 20.8 Å². The fourth-order valence-corrected chi connectivity index (χ4v) is 6.35. The highest BCUT2D eigenvalue weighted by atomic mass is 35.5. The van der Waals surface area contributed by atoms with Crippen LogP contribution < -0.4 is 22.5 Å². The van der Waals surface area contributed by atoms with Gasteiger partial charge in [-0.05, 0) is 0 Å². The monoisotopic (exact) mass is 902 g/mol. The SMILES string of the molecule is CC(=O)OC[C@H]1O[C@@H](n2ncc(=O)[nH]c2=O)C(OC(C)=O)[C@H]1OC(C)=O.O=c1cnn([C@@H]2O[C@H](CO)[C@H](O)C2O)c(=O)[nH]1.OC[C@H]1O[C@@H](n2cnc3c(Cl)ncnc32)C(O)[C@H]1O. The quantitative estimate of drug-likeness (QED) is 0.0440. The highest BCUT2D eigenvalue weighted by Crippen LogP contribution is 2.34. The van der Waals surface area contributed by atoms with Crippen molar-refractivity contribution in [2.45, 2.75) is 94.4 Å². The Morgan fingerprint density at radius 3 is 1.69 bits per heavy atom. The molecule has 3 aliphatic heterocycles. The second-order valence-corrected chi connectivity index (χ2v) is 13.6. The molecule has 7 heterocycles. The Kier molecular flexibility index (Phi) is 15.5. The van der Waals surface area contributed by atoms with Crippen molar-refractivity contribution in [1.82, 2.24) is 49.0 Å². The van der Waals surface area contributed by atoms with Crippen molar-refractivity contribution in [2.75, 3.05) is 19.8 Å². The van der Waals surface area contributed by atoms with E-state index >= 15 is 0 Å². The zero-order chi connectivity index (χ0) is 45.6. The molecule has 0 aliphatic carbocycles. The fourth-order valence-electron chi connectivity index (χ4n) is 6.18. The number of carbonyl (C=O) groups excluding carboxylic acids is 3. The molecule has 0 bridgehead atoms. The minimum atomic E-state index is -1.41. The van der Waals surface area contributed by atoms with Gasteiger partial charge >= 0.3 is 29.3 Å². The number of aromatic nitrogens is 10. The highest BCUT2D eigenvalue weighted by molar-refractivity contribution is 6.33. The molecule has 4 aromatic heterocycles. The van der Waals surface area contributed by atoms with Gasteiger partial charge in [-0.15, -0.1) is 0 Å². The second kappa shape index (κ2) is 20.3. The summed E-state index contributed by atoms with van der Waals surface area (Å²) in [6.07, 6.45) is -9.52. The zero-order valence-corrected chi connectivity index (χ0v) is 33.1. The second-order valence-electron chi connectivity index (χ2n) is 13.2. The van der Waals surface area contributed by atoms with Crippen LogP contribution in [0.1, 0.15) is 39.5 Å². The third-order valence-electron chi connectivity index (χ3n) is 8.92. The first-order chi connectivity index (χ1) is 29.4. The summed E-state index contributed by atoms with van der Waals surface area (Å²) in [7, 11) is 0. The van der Waals surface area contributed by atoms with E-state index in [9.17, 15) is 54.0 Å². The molecule has 3 aliphatic rings. The van der Waals surface area contributed by atoms with Gasteiger partial charge in [-0.2, -0.15) is 19.6 Å². The highest BCUT2D eigenvalue weighted by Gasteiger charge is 2.51. The summed E-state index contributed by atoms with van der Waals surface area (Å²) >= 11 is 5.88. The maximum atomic E-state index is 12.0. The first kappa shape index (κ1) is 47.2. The van der Waals surface area contributed by atoms with Gasteiger partial charge in [-0.3, -0.25) is 38.5 Å². The number of hydrogen-bond donors (Lipinski definition) is 8. The number of rotatable bonds is 9. The predicted molar refractivity (Wildman–Crippen MR) is 196 cm³/mol. The van der Waals surface area contributed by atoms with Crippen molar-refractivity contribution in [1.29, 1.82) is 0 Å². The van der Waals surface area contributed by atoms with Crippen LogP contribution in [0.5, 0.6) is 0 Å². The van der Waals surface area contributed by atoms with E-state index in [0.717, 1.165) is 30.9 Å². The zero-order valence-electron chi connectivity index (χ0n) is 32.3. The molecule has 4 aromatic rings. The third-order valence-corrected chi connectivity index (χ3v) is 9.20. The molecule has 3 fully saturated rings. The van der Waals surface area contributed by atoms with Crippen molar-refractivity contribution in [2.24, 2.45) is 0 Å². The van der Waals surface area contributed by atoms with Crippen LogP contribution in [-0.4, -0.2) is 172 Å². The molecule has 3 saturated heterocycles. The lowest BCUT2D eigenvalue weighted by molar-refractivity contribution is -0.166. The number of aliphatic hydroxyl groups is 6. The lowest BCUT2D eigenvalue weighted by Gasteiger charge is -2.23. The number of fused-ring (bicyclic) bond motifs is 1. The smallest absolute Gasteiger partial charge is 0.347 e. The first-order valence-corrected chi connectivity index (χ1v) is 18.3. The van der Waals surface area contributed by atoms with Gasteiger partial charge in [0.15, 0.2) is 41.7 Å². The molecule has 12 atom stereocenters. The Morgan fingerprint density at radius 2 is 1.19 bits per heavy atom. The Bertz CT molecular complexity index is 2460. The van der Waals surface area contributed by atoms with Gasteiger partial charge in [0.1, 0.15) is 73.6 Å². The van der Waals surface area contributed by atoms with E-state index in [1.165, 1.54) is 24.1 Å². The summed E-state index contributed by atoms with van der Waals surface area (Å²) < 4.78 is 34.1. The van der Waals surface area contributed by atoms with Crippen LogP contribution in [-0.2, 0) is 42.8 Å². The number of hydrogen-bond acceptors (Lipinski definition) is 24. The molecular formula is C32H39ClN10O19. The molecule has 3 unspecified atom stereocenters. The first-order valence-electron chi connectivity index (χ1n) is 17.9. The van der Waals surface area contributed by atoms with Crippen molar-refractivity contribution < 1.29 is 73.4 Å². The van der Waals surface area contributed by atoms with E-state index < -0.39 is 127 Å². The lowest BCUT2D eigenvalue weighted by atomic mass is 10.1. The van der Waals surface area contributed by atoms with Gasteiger partial charge in [0.05, 0.1) is 19.5 Å². The topological polar surface area (TPSA) is 407 Å². The minimum Gasteiger partial charge on any atom is -0.463 e. The van der Waals surface area contributed by atoms with Gasteiger partial charge in [0.2, 0.25) is 0 Å². The average Bonchev–Trinajstić information content (AvgIpc) is 3.94. The maximum Gasteiger partial charge on any atom is 0.347 e. The van der Waals surface area contributed by atoms with Crippen LogP contribution in [0.15, 0.2) is 44.2 Å². The van der Waals surface area contributed by atoms with Crippen molar-refractivity contribution in [3.8, 4) is 0 Å². The van der Waals surface area contributed by atoms with Crippen LogP contribution in [0.25, 0.3) is 11.2 Å². The van der Waals surface area contributed by atoms with Crippen molar-refractivity contribution >= 4 is 40.7 Å². The Labute approximate surface area is 349 Å².